The summed E-state index contributed by atoms with van der Waals surface area (Å²) in [4.78, 5) is 16.2. The van der Waals surface area contributed by atoms with Crippen LogP contribution in [0.15, 0.2) is 22.7 Å². The number of aromatic amines is 1. The van der Waals surface area contributed by atoms with E-state index in [4.69, 9.17) is 4.42 Å². The maximum absolute atomic E-state index is 12.3. The highest BCUT2D eigenvalue weighted by molar-refractivity contribution is 5.94. The lowest BCUT2D eigenvalue weighted by molar-refractivity contribution is 0.0824. The Kier molecular flexibility index (Phi) is 4.02. The van der Waals surface area contributed by atoms with E-state index in [0.717, 1.165) is 43.1 Å². The Hall–Kier alpha value is -2.08. The maximum Gasteiger partial charge on any atom is 0.256 e. The van der Waals surface area contributed by atoms with Crippen LogP contribution < -0.4 is 0 Å². The van der Waals surface area contributed by atoms with Crippen LogP contribution in [0, 0.1) is 6.92 Å². The highest BCUT2D eigenvalue weighted by Gasteiger charge is 2.31. The van der Waals surface area contributed by atoms with Gasteiger partial charge in [0.25, 0.3) is 5.91 Å². The molecule has 3 heterocycles. The van der Waals surface area contributed by atoms with E-state index in [-0.39, 0.29) is 11.9 Å². The normalized spacial score (nSPS) is 18.8. The molecule has 0 radical (unpaired) electrons. The molecule has 1 aliphatic rings. The molecule has 1 amide bonds. The fourth-order valence-corrected chi connectivity index (χ4v) is 3.07. The zero-order valence-corrected chi connectivity index (χ0v) is 13.3. The summed E-state index contributed by atoms with van der Waals surface area (Å²) < 4.78 is 5.68. The molecule has 1 fully saturated rings. The van der Waals surface area contributed by atoms with Crippen LogP contribution in [0.5, 0.6) is 0 Å². The van der Waals surface area contributed by atoms with Gasteiger partial charge in [0.1, 0.15) is 11.5 Å². The maximum atomic E-state index is 12.3. The number of aryl methyl sites for hydroxylation is 1. The van der Waals surface area contributed by atoms with Gasteiger partial charge in [-0.25, -0.2) is 0 Å². The van der Waals surface area contributed by atoms with Crippen LogP contribution in [0.3, 0.4) is 0 Å². The molecule has 0 saturated carbocycles. The van der Waals surface area contributed by atoms with E-state index in [0.29, 0.717) is 5.56 Å². The van der Waals surface area contributed by atoms with Gasteiger partial charge < -0.3 is 9.32 Å². The molecule has 0 aliphatic carbocycles. The lowest BCUT2D eigenvalue weighted by atomic mass is 10.1. The lowest BCUT2D eigenvalue weighted by Crippen LogP contribution is -2.27. The quantitative estimate of drug-likeness (QED) is 0.941. The molecule has 1 saturated heterocycles. The Morgan fingerprint density at radius 3 is 3.00 bits per heavy atom. The summed E-state index contributed by atoms with van der Waals surface area (Å²) >= 11 is 0. The van der Waals surface area contributed by atoms with Crippen LogP contribution in [-0.4, -0.2) is 46.5 Å². The summed E-state index contributed by atoms with van der Waals surface area (Å²) in [6.45, 7) is 3.71. The number of aromatic nitrogens is 2. The highest BCUT2D eigenvalue weighted by Crippen LogP contribution is 2.34. The van der Waals surface area contributed by atoms with Gasteiger partial charge in [-0.3, -0.25) is 14.8 Å². The average Bonchev–Trinajstić information content (AvgIpc) is 3.18. The molecule has 6 heteroatoms. The Labute approximate surface area is 130 Å². The summed E-state index contributed by atoms with van der Waals surface area (Å²) in [5.74, 6) is 1.88. The molecule has 1 aliphatic heterocycles. The molecule has 0 aromatic carbocycles. The molecular formula is C16H22N4O2. The van der Waals surface area contributed by atoms with E-state index in [1.54, 1.807) is 25.2 Å². The summed E-state index contributed by atoms with van der Waals surface area (Å²) in [6, 6.07) is 4.19. The van der Waals surface area contributed by atoms with Crippen molar-refractivity contribution >= 4 is 5.91 Å². The summed E-state index contributed by atoms with van der Waals surface area (Å²) in [7, 11) is 3.52. The molecule has 2 aromatic heterocycles. The number of nitrogens with one attached hydrogen (secondary N) is 1. The first-order valence-corrected chi connectivity index (χ1v) is 7.60. The van der Waals surface area contributed by atoms with Crippen molar-refractivity contribution in [1.82, 2.24) is 20.0 Å². The zero-order valence-electron chi connectivity index (χ0n) is 13.3. The highest BCUT2D eigenvalue weighted by atomic mass is 16.3. The van der Waals surface area contributed by atoms with Crippen molar-refractivity contribution in [1.29, 1.82) is 0 Å². The molecule has 3 rings (SSSR count). The Balaban J connectivity index is 1.81. The first-order chi connectivity index (χ1) is 10.6. The van der Waals surface area contributed by atoms with Crippen molar-refractivity contribution in [2.24, 2.45) is 0 Å². The molecule has 0 bridgehead atoms. The van der Waals surface area contributed by atoms with Gasteiger partial charge in [-0.1, -0.05) is 0 Å². The Morgan fingerprint density at radius 1 is 1.50 bits per heavy atom. The topological polar surface area (TPSA) is 65.4 Å². The molecule has 22 heavy (non-hydrogen) atoms. The minimum atomic E-state index is -0.00977. The molecule has 1 unspecified atom stereocenters. The van der Waals surface area contributed by atoms with Gasteiger partial charge in [-0.05, 0) is 38.4 Å². The number of H-pyrrole nitrogens is 1. The van der Waals surface area contributed by atoms with Gasteiger partial charge >= 0.3 is 0 Å². The number of hydrogen-bond acceptors (Lipinski definition) is 4. The predicted octanol–water partition coefficient (Wildman–Crippen LogP) is 2.35. The van der Waals surface area contributed by atoms with Crippen molar-refractivity contribution in [2.45, 2.75) is 32.4 Å². The zero-order chi connectivity index (χ0) is 15.7. The Bertz CT molecular complexity index is 659. The van der Waals surface area contributed by atoms with Gasteiger partial charge in [0.05, 0.1) is 30.0 Å². The van der Waals surface area contributed by atoms with Gasteiger partial charge in [0.2, 0.25) is 0 Å². The number of rotatable bonds is 4. The number of carbonyl (C=O) groups is 1. The monoisotopic (exact) mass is 302 g/mol. The molecule has 2 aromatic rings. The minimum Gasteiger partial charge on any atom is -0.465 e. The second-order valence-corrected chi connectivity index (χ2v) is 6.04. The standard InChI is InChI=1S/C16H22N4O2/c1-11-6-7-12(22-11)10-20-8-4-5-14(20)15-13(9-17-18-15)16(21)19(2)3/h6-7,9,14H,4-5,8,10H2,1-3H3,(H,17,18). The second kappa shape index (κ2) is 5.96. The van der Waals surface area contributed by atoms with Crippen LogP contribution >= 0.6 is 0 Å². The summed E-state index contributed by atoms with van der Waals surface area (Å²) in [5, 5.41) is 7.13. The number of likely N-dealkylation sites (tertiary alicyclic amines) is 1. The van der Waals surface area contributed by atoms with Gasteiger partial charge in [-0.2, -0.15) is 5.10 Å². The van der Waals surface area contributed by atoms with Crippen molar-refractivity contribution in [3.63, 3.8) is 0 Å². The number of hydrogen-bond donors (Lipinski definition) is 1. The van der Waals surface area contributed by atoms with Crippen LogP contribution in [0.2, 0.25) is 0 Å². The molecule has 1 N–H and O–H groups in total. The van der Waals surface area contributed by atoms with E-state index < -0.39 is 0 Å². The Morgan fingerprint density at radius 2 is 2.32 bits per heavy atom. The fourth-order valence-electron chi connectivity index (χ4n) is 3.07. The van der Waals surface area contributed by atoms with Crippen molar-refractivity contribution < 1.29 is 9.21 Å². The smallest absolute Gasteiger partial charge is 0.256 e. The van der Waals surface area contributed by atoms with Crippen LogP contribution in [0.4, 0.5) is 0 Å². The minimum absolute atomic E-state index is 0.00977. The third kappa shape index (κ3) is 2.78. The molecule has 118 valence electrons. The largest absolute Gasteiger partial charge is 0.465 e. The number of amides is 1. The lowest BCUT2D eigenvalue weighted by Gasteiger charge is -2.23. The molecular weight excluding hydrogens is 280 g/mol. The van der Waals surface area contributed by atoms with Gasteiger partial charge in [-0.15, -0.1) is 0 Å². The van der Waals surface area contributed by atoms with Crippen molar-refractivity contribution in [3.05, 3.63) is 41.1 Å². The molecule has 1 atom stereocenters. The van der Waals surface area contributed by atoms with E-state index in [1.807, 2.05) is 19.1 Å². The van der Waals surface area contributed by atoms with E-state index >= 15 is 0 Å². The molecule has 0 spiro atoms. The SMILES string of the molecule is Cc1ccc(CN2CCCC2c2[nH]ncc2C(=O)N(C)C)o1. The van der Waals surface area contributed by atoms with E-state index in [2.05, 4.69) is 15.1 Å². The van der Waals surface area contributed by atoms with E-state index in [1.165, 1.54) is 0 Å². The number of carbonyl (C=O) groups excluding carboxylic acids is 1. The van der Waals surface area contributed by atoms with E-state index in [9.17, 15) is 4.79 Å². The average molecular weight is 302 g/mol. The third-order valence-corrected chi connectivity index (χ3v) is 4.16. The van der Waals surface area contributed by atoms with Crippen LogP contribution in [0.1, 0.15) is 46.5 Å². The van der Waals surface area contributed by atoms with Gasteiger partial charge in [0, 0.05) is 14.1 Å². The summed E-state index contributed by atoms with van der Waals surface area (Å²) in [5.41, 5.74) is 1.58. The fraction of sp³-hybridized carbons (Fsp3) is 0.500. The molecule has 6 nitrogen and oxygen atoms in total. The first kappa shape index (κ1) is 14.8. The van der Waals surface area contributed by atoms with Crippen LogP contribution in [-0.2, 0) is 6.54 Å². The predicted molar refractivity (Wildman–Crippen MR) is 82.4 cm³/mol. The van der Waals surface area contributed by atoms with Crippen molar-refractivity contribution in [2.75, 3.05) is 20.6 Å². The second-order valence-electron chi connectivity index (χ2n) is 6.04. The van der Waals surface area contributed by atoms with Crippen molar-refractivity contribution in [3.8, 4) is 0 Å². The first-order valence-electron chi connectivity index (χ1n) is 7.60. The third-order valence-electron chi connectivity index (χ3n) is 4.16. The number of nitrogens with zero attached hydrogens (tertiary/aromatic N) is 3. The summed E-state index contributed by atoms with van der Waals surface area (Å²) in [6.07, 6.45) is 3.76. The van der Waals surface area contributed by atoms with Gasteiger partial charge in [0.15, 0.2) is 0 Å². The number of furan rings is 1. The van der Waals surface area contributed by atoms with Crippen LogP contribution in [0.25, 0.3) is 0 Å².